The number of carbonyl (C=O) groups is 1. The molecule has 0 aliphatic carbocycles. The van der Waals surface area contributed by atoms with E-state index < -0.39 is 11.7 Å². The van der Waals surface area contributed by atoms with Crippen molar-refractivity contribution in [1.29, 1.82) is 0 Å². The van der Waals surface area contributed by atoms with E-state index in [9.17, 15) is 22.8 Å². The van der Waals surface area contributed by atoms with Crippen LogP contribution in [0.15, 0.2) is 53.3 Å². The minimum absolute atomic E-state index is 0.0490. The zero-order chi connectivity index (χ0) is 22.9. The fraction of sp³-hybridized carbons (Fsp3) is 0.304. The van der Waals surface area contributed by atoms with Crippen molar-refractivity contribution in [3.05, 3.63) is 92.7 Å². The topological polar surface area (TPSA) is 79.0 Å². The van der Waals surface area contributed by atoms with Crippen LogP contribution in [0.5, 0.6) is 0 Å². The molecule has 1 saturated heterocycles. The summed E-state index contributed by atoms with van der Waals surface area (Å²) in [5, 5.41) is 6.07. The highest BCUT2D eigenvalue weighted by atomic mass is 19.4. The molecular weight excluding hydrogens is 421 g/mol. The van der Waals surface area contributed by atoms with Gasteiger partial charge in [-0.1, -0.05) is 12.1 Å². The van der Waals surface area contributed by atoms with E-state index in [0.717, 1.165) is 41.1 Å². The van der Waals surface area contributed by atoms with E-state index >= 15 is 0 Å². The fourth-order valence-corrected chi connectivity index (χ4v) is 3.94. The van der Waals surface area contributed by atoms with Gasteiger partial charge in [0.1, 0.15) is 5.69 Å². The first-order valence-electron chi connectivity index (χ1n) is 10.2. The van der Waals surface area contributed by atoms with Crippen LogP contribution < -0.4 is 5.56 Å². The summed E-state index contributed by atoms with van der Waals surface area (Å²) in [6, 6.07) is 11.7. The quantitative estimate of drug-likeness (QED) is 0.668. The lowest BCUT2D eigenvalue weighted by Gasteiger charge is -2.16. The minimum Gasteiger partial charge on any atom is -0.337 e. The van der Waals surface area contributed by atoms with Crippen LogP contribution in [0.25, 0.3) is 0 Å². The lowest BCUT2D eigenvalue weighted by atomic mass is 9.98. The number of aromatic nitrogens is 3. The van der Waals surface area contributed by atoms with Gasteiger partial charge in [0.2, 0.25) is 0 Å². The highest BCUT2D eigenvalue weighted by molar-refractivity contribution is 5.92. The number of carbonyl (C=O) groups excluding carboxylic acids is 1. The normalized spacial score (nSPS) is 16.4. The minimum atomic E-state index is -4.35. The number of halogens is 3. The Morgan fingerprint density at radius 1 is 1.12 bits per heavy atom. The van der Waals surface area contributed by atoms with Crippen molar-refractivity contribution >= 4 is 5.91 Å². The summed E-state index contributed by atoms with van der Waals surface area (Å²) < 4.78 is 38.4. The van der Waals surface area contributed by atoms with Crippen LogP contribution in [0.2, 0.25) is 0 Å². The highest BCUT2D eigenvalue weighted by Crippen LogP contribution is 2.30. The number of rotatable bonds is 4. The van der Waals surface area contributed by atoms with E-state index in [2.05, 4.69) is 15.2 Å². The number of aromatic amines is 1. The predicted molar refractivity (Wildman–Crippen MR) is 111 cm³/mol. The van der Waals surface area contributed by atoms with E-state index in [1.165, 1.54) is 24.3 Å². The van der Waals surface area contributed by atoms with Crippen LogP contribution >= 0.6 is 0 Å². The standard InChI is InChI=1S/C23H21F3N4O2/c1-14-10-16(11-15-2-4-18(5-3-15)23(24,25)26)12-20(27-14)17-8-9-30(13-17)22(32)19-6-7-21(31)29-28-19/h2-7,10,12,17H,8-9,11,13H2,1H3,(H,29,31). The van der Waals surface area contributed by atoms with Gasteiger partial charge >= 0.3 is 6.18 Å². The molecule has 32 heavy (non-hydrogen) atoms. The summed E-state index contributed by atoms with van der Waals surface area (Å²) in [7, 11) is 0. The van der Waals surface area contributed by atoms with E-state index in [0.29, 0.717) is 19.5 Å². The van der Waals surface area contributed by atoms with Crippen molar-refractivity contribution in [2.24, 2.45) is 0 Å². The van der Waals surface area contributed by atoms with E-state index in [1.54, 1.807) is 4.90 Å². The van der Waals surface area contributed by atoms with Crippen molar-refractivity contribution in [2.45, 2.75) is 31.9 Å². The summed E-state index contributed by atoms with van der Waals surface area (Å²) >= 11 is 0. The first-order chi connectivity index (χ1) is 15.2. The van der Waals surface area contributed by atoms with Crippen molar-refractivity contribution in [3.63, 3.8) is 0 Å². The van der Waals surface area contributed by atoms with Gasteiger partial charge in [-0.15, -0.1) is 0 Å². The second kappa shape index (κ2) is 8.57. The first-order valence-corrected chi connectivity index (χ1v) is 10.2. The number of H-pyrrole nitrogens is 1. The van der Waals surface area contributed by atoms with Gasteiger partial charge < -0.3 is 4.90 Å². The lowest BCUT2D eigenvalue weighted by molar-refractivity contribution is -0.137. The SMILES string of the molecule is Cc1cc(Cc2ccc(C(F)(F)F)cc2)cc(C2CCN(C(=O)c3ccc(=O)[nH]n3)C2)n1. The molecule has 0 spiro atoms. The molecule has 1 fully saturated rings. The third-order valence-electron chi connectivity index (χ3n) is 5.51. The summed E-state index contributed by atoms with van der Waals surface area (Å²) in [6.45, 7) is 2.91. The second-order valence-corrected chi connectivity index (χ2v) is 7.96. The number of hydrogen-bond acceptors (Lipinski definition) is 4. The summed E-state index contributed by atoms with van der Waals surface area (Å²) in [4.78, 5) is 30.1. The van der Waals surface area contributed by atoms with Gasteiger partial charge in [-0.2, -0.15) is 18.3 Å². The lowest BCUT2D eigenvalue weighted by Crippen LogP contribution is -2.30. The fourth-order valence-electron chi connectivity index (χ4n) is 3.94. The second-order valence-electron chi connectivity index (χ2n) is 7.96. The molecule has 1 N–H and O–H groups in total. The Hall–Kier alpha value is -3.49. The Balaban J connectivity index is 1.47. The van der Waals surface area contributed by atoms with Crippen LogP contribution in [0, 0.1) is 6.92 Å². The average Bonchev–Trinajstić information content (AvgIpc) is 3.23. The molecule has 1 amide bonds. The Kier molecular flexibility index (Phi) is 5.82. The van der Waals surface area contributed by atoms with E-state index in [4.69, 9.17) is 0 Å². The maximum atomic E-state index is 12.8. The van der Waals surface area contributed by atoms with Gasteiger partial charge in [0.25, 0.3) is 11.5 Å². The van der Waals surface area contributed by atoms with Gasteiger partial charge in [0.15, 0.2) is 0 Å². The van der Waals surface area contributed by atoms with Gasteiger partial charge in [0, 0.05) is 36.5 Å². The molecule has 9 heteroatoms. The molecule has 166 valence electrons. The number of amides is 1. The largest absolute Gasteiger partial charge is 0.416 e. The van der Waals surface area contributed by atoms with Crippen LogP contribution in [-0.2, 0) is 12.6 Å². The Morgan fingerprint density at radius 2 is 1.88 bits per heavy atom. The van der Waals surface area contributed by atoms with E-state index in [1.807, 2.05) is 19.1 Å². The van der Waals surface area contributed by atoms with Crippen molar-refractivity contribution in [2.75, 3.05) is 13.1 Å². The van der Waals surface area contributed by atoms with Crippen LogP contribution in [0.3, 0.4) is 0 Å². The average molecular weight is 442 g/mol. The third-order valence-corrected chi connectivity index (χ3v) is 5.51. The van der Waals surface area contributed by atoms with Gasteiger partial charge in [-0.05, 0) is 61.2 Å². The van der Waals surface area contributed by atoms with Crippen LogP contribution in [-0.4, -0.2) is 39.1 Å². The number of nitrogens with one attached hydrogen (secondary N) is 1. The third kappa shape index (κ3) is 4.87. The molecule has 6 nitrogen and oxygen atoms in total. The summed E-state index contributed by atoms with van der Waals surface area (Å²) in [6.07, 6.45) is -3.12. The first kappa shape index (κ1) is 21.7. The van der Waals surface area contributed by atoms with Gasteiger partial charge in [0.05, 0.1) is 5.56 Å². The van der Waals surface area contributed by atoms with Gasteiger partial charge in [-0.3, -0.25) is 14.6 Å². The molecular formula is C23H21F3N4O2. The Labute approximate surface area is 182 Å². The summed E-state index contributed by atoms with van der Waals surface area (Å²) in [5.74, 6) is -0.200. The molecule has 1 aliphatic heterocycles. The highest BCUT2D eigenvalue weighted by Gasteiger charge is 2.31. The van der Waals surface area contributed by atoms with Crippen molar-refractivity contribution in [1.82, 2.24) is 20.1 Å². The zero-order valence-electron chi connectivity index (χ0n) is 17.3. The number of nitrogens with zero attached hydrogens (tertiary/aromatic N) is 3. The number of alkyl halides is 3. The maximum absolute atomic E-state index is 12.8. The predicted octanol–water partition coefficient (Wildman–Crippen LogP) is 3.71. The van der Waals surface area contributed by atoms with Crippen LogP contribution in [0.1, 0.15) is 50.9 Å². The zero-order valence-corrected chi connectivity index (χ0v) is 17.3. The number of hydrogen-bond donors (Lipinski definition) is 1. The molecule has 4 rings (SSSR count). The molecule has 0 bridgehead atoms. The van der Waals surface area contributed by atoms with E-state index in [-0.39, 0.29) is 23.1 Å². The molecule has 3 aromatic rings. The molecule has 0 radical (unpaired) electrons. The molecule has 2 aromatic heterocycles. The number of pyridine rings is 1. The molecule has 0 saturated carbocycles. The molecule has 1 unspecified atom stereocenters. The Bertz CT molecular complexity index is 1170. The van der Waals surface area contributed by atoms with Crippen LogP contribution in [0.4, 0.5) is 13.2 Å². The monoisotopic (exact) mass is 442 g/mol. The van der Waals surface area contributed by atoms with Gasteiger partial charge in [-0.25, -0.2) is 5.10 Å². The van der Waals surface area contributed by atoms with Crippen molar-refractivity contribution < 1.29 is 18.0 Å². The number of likely N-dealkylation sites (tertiary alicyclic amines) is 1. The maximum Gasteiger partial charge on any atom is 0.416 e. The molecule has 1 atom stereocenters. The summed E-state index contributed by atoms with van der Waals surface area (Å²) in [5.41, 5.74) is 2.56. The Morgan fingerprint density at radius 3 is 2.53 bits per heavy atom. The number of aryl methyl sites for hydroxylation is 1. The molecule has 1 aliphatic rings. The molecule has 1 aromatic carbocycles. The smallest absolute Gasteiger partial charge is 0.337 e. The molecule has 3 heterocycles. The number of benzene rings is 1. The van der Waals surface area contributed by atoms with Crippen molar-refractivity contribution in [3.8, 4) is 0 Å².